The van der Waals surface area contributed by atoms with Crippen molar-refractivity contribution in [2.24, 2.45) is 0 Å². The van der Waals surface area contributed by atoms with Crippen LogP contribution in [0.15, 0.2) is 48.1 Å². The number of carbonyl (C=O) groups is 2. The van der Waals surface area contributed by atoms with Gasteiger partial charge in [-0.2, -0.15) is 5.10 Å². The number of anilines is 1. The standard InChI is InChI=1S/C23H28N6O4S/c1-14(15-6-8-16(9-7-15)29-12-4-10-25-29)26-21(32)19(30)20(31)22(33)28-11-3-5-18(28)17-13-34-23(24-2)27-17/h4,6-10,12-14,18-20,30-31H,3,5,11H2,1-2H3,(H,24,27)(H,26,32)/t14-,18-,19-,20-/m1/s1. The molecule has 1 aromatic carbocycles. The highest BCUT2D eigenvalue weighted by molar-refractivity contribution is 7.13. The third-order valence-electron chi connectivity index (χ3n) is 5.95. The summed E-state index contributed by atoms with van der Waals surface area (Å²) in [6.45, 7) is 2.19. The van der Waals surface area contributed by atoms with Crippen LogP contribution < -0.4 is 10.6 Å². The molecule has 0 unspecified atom stereocenters. The predicted molar refractivity (Wildman–Crippen MR) is 127 cm³/mol. The van der Waals surface area contributed by atoms with Crippen LogP contribution in [0.5, 0.6) is 0 Å². The van der Waals surface area contributed by atoms with E-state index in [1.54, 1.807) is 24.9 Å². The van der Waals surface area contributed by atoms with Crippen LogP contribution in [0.1, 0.15) is 43.1 Å². The fraction of sp³-hybridized carbons (Fsp3) is 0.391. The number of hydrogen-bond acceptors (Lipinski definition) is 8. The van der Waals surface area contributed by atoms with Crippen molar-refractivity contribution in [3.8, 4) is 5.69 Å². The summed E-state index contributed by atoms with van der Waals surface area (Å²) in [5.74, 6) is -1.49. The smallest absolute Gasteiger partial charge is 0.255 e. The van der Waals surface area contributed by atoms with Gasteiger partial charge in [0.05, 0.1) is 23.5 Å². The molecule has 4 atom stereocenters. The van der Waals surface area contributed by atoms with Crippen LogP contribution in [0.3, 0.4) is 0 Å². The van der Waals surface area contributed by atoms with Crippen molar-refractivity contribution >= 4 is 28.3 Å². The van der Waals surface area contributed by atoms with E-state index in [-0.39, 0.29) is 6.04 Å². The zero-order chi connectivity index (χ0) is 24.2. The first-order valence-corrected chi connectivity index (χ1v) is 12.0. The monoisotopic (exact) mass is 484 g/mol. The van der Waals surface area contributed by atoms with Crippen molar-refractivity contribution in [1.29, 1.82) is 0 Å². The van der Waals surface area contributed by atoms with Gasteiger partial charge in [-0.25, -0.2) is 9.67 Å². The van der Waals surface area contributed by atoms with Gasteiger partial charge in [-0.15, -0.1) is 11.3 Å². The Morgan fingerprint density at radius 2 is 1.97 bits per heavy atom. The lowest BCUT2D eigenvalue weighted by Gasteiger charge is -2.28. The third-order valence-corrected chi connectivity index (χ3v) is 6.83. The Balaban J connectivity index is 1.37. The Bertz CT molecular complexity index is 1120. The first-order valence-electron chi connectivity index (χ1n) is 11.1. The average Bonchev–Trinajstić information content (AvgIpc) is 3.63. The second kappa shape index (κ2) is 10.3. The minimum Gasteiger partial charge on any atom is -0.380 e. The number of benzene rings is 1. The average molecular weight is 485 g/mol. The zero-order valence-corrected chi connectivity index (χ0v) is 19.8. The van der Waals surface area contributed by atoms with Crippen LogP contribution >= 0.6 is 11.3 Å². The largest absolute Gasteiger partial charge is 0.380 e. The summed E-state index contributed by atoms with van der Waals surface area (Å²) in [6, 6.07) is 8.52. The Labute approximate surface area is 201 Å². The van der Waals surface area contributed by atoms with Gasteiger partial charge in [0, 0.05) is 31.4 Å². The van der Waals surface area contributed by atoms with E-state index in [0.29, 0.717) is 13.0 Å². The maximum absolute atomic E-state index is 12.9. The van der Waals surface area contributed by atoms with Crippen LogP contribution in [0.4, 0.5) is 5.13 Å². The zero-order valence-electron chi connectivity index (χ0n) is 19.0. The SMILES string of the molecule is CNc1nc([C@H]2CCCN2C(=O)[C@H](O)[C@@H](O)C(=O)N[C@H](C)c2ccc(-n3cccn3)cc2)cs1. The maximum Gasteiger partial charge on any atom is 0.255 e. The lowest BCUT2D eigenvalue weighted by molar-refractivity contribution is -0.154. The number of hydrogen-bond donors (Lipinski definition) is 4. The number of carbonyl (C=O) groups excluding carboxylic acids is 2. The summed E-state index contributed by atoms with van der Waals surface area (Å²) in [4.78, 5) is 31.5. The molecule has 4 rings (SSSR count). The number of likely N-dealkylation sites (tertiary alicyclic amines) is 1. The highest BCUT2D eigenvalue weighted by atomic mass is 32.1. The third kappa shape index (κ3) is 4.96. The Morgan fingerprint density at radius 3 is 2.62 bits per heavy atom. The Kier molecular flexibility index (Phi) is 7.25. The number of nitrogens with zero attached hydrogens (tertiary/aromatic N) is 4. The molecule has 4 N–H and O–H groups in total. The van der Waals surface area contributed by atoms with E-state index < -0.39 is 30.1 Å². The molecular weight excluding hydrogens is 456 g/mol. The van der Waals surface area contributed by atoms with Crippen molar-refractivity contribution < 1.29 is 19.8 Å². The molecular formula is C23H28N6O4S. The van der Waals surface area contributed by atoms with Crippen LogP contribution in [-0.4, -0.2) is 67.5 Å². The van der Waals surface area contributed by atoms with Crippen molar-refractivity contribution in [3.05, 3.63) is 59.4 Å². The number of nitrogens with one attached hydrogen (secondary N) is 2. The number of thiazole rings is 1. The van der Waals surface area contributed by atoms with Gasteiger partial charge in [-0.3, -0.25) is 9.59 Å². The number of amides is 2. The summed E-state index contributed by atoms with van der Waals surface area (Å²) in [5.41, 5.74) is 2.41. The van der Waals surface area contributed by atoms with Crippen molar-refractivity contribution in [1.82, 2.24) is 25.0 Å². The molecule has 1 aliphatic heterocycles. The van der Waals surface area contributed by atoms with Gasteiger partial charge in [-0.05, 0) is 43.5 Å². The van der Waals surface area contributed by atoms with Gasteiger partial charge in [0.15, 0.2) is 17.3 Å². The molecule has 2 aromatic heterocycles. The van der Waals surface area contributed by atoms with Gasteiger partial charge in [0.1, 0.15) is 0 Å². The molecule has 11 heteroatoms. The minimum atomic E-state index is -1.89. The second-order valence-corrected chi connectivity index (χ2v) is 9.04. The van der Waals surface area contributed by atoms with E-state index in [1.807, 2.05) is 41.9 Å². The number of aliphatic hydroxyl groups excluding tert-OH is 2. The highest BCUT2D eigenvalue weighted by Crippen LogP contribution is 2.34. The minimum absolute atomic E-state index is 0.289. The lowest BCUT2D eigenvalue weighted by atomic mass is 10.1. The molecule has 180 valence electrons. The summed E-state index contributed by atoms with van der Waals surface area (Å²) >= 11 is 1.43. The highest BCUT2D eigenvalue weighted by Gasteiger charge is 2.39. The van der Waals surface area contributed by atoms with Gasteiger partial charge >= 0.3 is 0 Å². The molecule has 1 aliphatic rings. The predicted octanol–water partition coefficient (Wildman–Crippen LogP) is 1.63. The van der Waals surface area contributed by atoms with Crippen LogP contribution in [0, 0.1) is 0 Å². The van der Waals surface area contributed by atoms with Gasteiger partial charge in [0.25, 0.3) is 11.8 Å². The molecule has 0 aliphatic carbocycles. The fourth-order valence-corrected chi connectivity index (χ4v) is 4.78. The molecule has 3 heterocycles. The van der Waals surface area contributed by atoms with E-state index in [2.05, 4.69) is 20.7 Å². The van der Waals surface area contributed by atoms with Crippen molar-refractivity contribution in [2.45, 2.75) is 44.1 Å². The summed E-state index contributed by atoms with van der Waals surface area (Å²) in [7, 11) is 1.77. The molecule has 10 nitrogen and oxygen atoms in total. The topological polar surface area (TPSA) is 133 Å². The van der Waals surface area contributed by atoms with E-state index in [9.17, 15) is 19.8 Å². The Hall–Kier alpha value is -3.28. The molecule has 1 fully saturated rings. The lowest BCUT2D eigenvalue weighted by Crippen LogP contribution is -2.51. The fourth-order valence-electron chi connectivity index (χ4n) is 4.06. The van der Waals surface area contributed by atoms with Crippen molar-refractivity contribution in [3.63, 3.8) is 0 Å². The summed E-state index contributed by atoms with van der Waals surface area (Å²) in [6.07, 6.45) is 1.22. The molecule has 0 bridgehead atoms. The van der Waals surface area contributed by atoms with E-state index >= 15 is 0 Å². The van der Waals surface area contributed by atoms with Crippen LogP contribution in [0.25, 0.3) is 5.69 Å². The second-order valence-electron chi connectivity index (χ2n) is 8.18. The number of aliphatic hydroxyl groups is 2. The van der Waals surface area contributed by atoms with Crippen LogP contribution in [0.2, 0.25) is 0 Å². The van der Waals surface area contributed by atoms with E-state index in [1.165, 1.54) is 16.2 Å². The van der Waals surface area contributed by atoms with Gasteiger partial charge in [0.2, 0.25) is 0 Å². The van der Waals surface area contributed by atoms with E-state index in [4.69, 9.17) is 0 Å². The molecule has 3 aromatic rings. The summed E-state index contributed by atoms with van der Waals surface area (Å²) in [5, 5.41) is 33.4. The van der Waals surface area contributed by atoms with Gasteiger partial charge in [-0.1, -0.05) is 12.1 Å². The van der Waals surface area contributed by atoms with Gasteiger partial charge < -0.3 is 25.7 Å². The number of rotatable bonds is 8. The quantitative estimate of drug-likeness (QED) is 0.382. The summed E-state index contributed by atoms with van der Waals surface area (Å²) < 4.78 is 1.72. The normalized spacial score (nSPS) is 18.4. The molecule has 2 amide bonds. The molecule has 1 saturated heterocycles. The molecule has 0 saturated carbocycles. The first-order chi connectivity index (χ1) is 16.4. The van der Waals surface area contributed by atoms with Crippen LogP contribution in [-0.2, 0) is 9.59 Å². The first kappa shape index (κ1) is 23.9. The molecule has 0 radical (unpaired) electrons. The Morgan fingerprint density at radius 1 is 1.21 bits per heavy atom. The van der Waals surface area contributed by atoms with Crippen molar-refractivity contribution in [2.75, 3.05) is 18.9 Å². The molecule has 34 heavy (non-hydrogen) atoms. The maximum atomic E-state index is 12.9. The number of aromatic nitrogens is 3. The van der Waals surface area contributed by atoms with E-state index in [0.717, 1.165) is 28.5 Å². The molecule has 0 spiro atoms.